The van der Waals surface area contributed by atoms with Crippen molar-refractivity contribution < 1.29 is 4.79 Å². The molecular formula is C23H17ClN4OS2. The average molecular weight is 465 g/mol. The van der Waals surface area contributed by atoms with Gasteiger partial charge in [-0.3, -0.25) is 9.69 Å². The highest BCUT2D eigenvalue weighted by Gasteiger charge is 2.28. The van der Waals surface area contributed by atoms with E-state index in [1.807, 2.05) is 84.4 Å². The molecule has 1 aliphatic rings. The third kappa shape index (κ3) is 3.84. The smallest absolute Gasteiger partial charge is 0.242 e. The number of carbonyl (C=O) groups is 1. The molecule has 31 heavy (non-hydrogen) atoms. The molecule has 0 N–H and O–H groups in total. The predicted molar refractivity (Wildman–Crippen MR) is 126 cm³/mol. The molecule has 0 spiro atoms. The number of carbonyl (C=O) groups excluding carboxylic acids is 1. The van der Waals surface area contributed by atoms with Gasteiger partial charge in [0.1, 0.15) is 0 Å². The minimum absolute atomic E-state index is 0.0365. The lowest BCUT2D eigenvalue weighted by Crippen LogP contribution is -2.30. The van der Waals surface area contributed by atoms with Crippen LogP contribution in [0.3, 0.4) is 0 Å². The third-order valence-electron chi connectivity index (χ3n) is 4.93. The van der Waals surface area contributed by atoms with Gasteiger partial charge in [-0.25, -0.2) is 0 Å². The number of anilines is 2. The molecule has 4 aromatic rings. The molecule has 5 rings (SSSR count). The second-order valence-electron chi connectivity index (χ2n) is 6.93. The number of aromatic nitrogens is 3. The number of thioether (sulfide) groups is 1. The minimum atomic E-state index is -0.0365. The Kier molecular flexibility index (Phi) is 5.48. The van der Waals surface area contributed by atoms with Crippen molar-refractivity contribution in [1.29, 1.82) is 0 Å². The van der Waals surface area contributed by atoms with Crippen molar-refractivity contribution in [3.8, 4) is 11.4 Å². The van der Waals surface area contributed by atoms with Gasteiger partial charge in [-0.05, 0) is 30.3 Å². The lowest BCUT2D eigenvalue weighted by molar-refractivity contribution is -0.115. The van der Waals surface area contributed by atoms with E-state index in [1.165, 1.54) is 11.8 Å². The van der Waals surface area contributed by atoms with Gasteiger partial charge in [0, 0.05) is 27.4 Å². The van der Waals surface area contributed by atoms with Crippen LogP contribution < -0.4 is 4.90 Å². The first-order valence-corrected chi connectivity index (χ1v) is 11.8. The van der Waals surface area contributed by atoms with E-state index < -0.39 is 0 Å². The first kappa shape index (κ1) is 20.2. The average Bonchev–Trinajstić information content (AvgIpc) is 3.16. The van der Waals surface area contributed by atoms with E-state index in [-0.39, 0.29) is 11.7 Å². The van der Waals surface area contributed by atoms with E-state index in [2.05, 4.69) is 10.2 Å². The molecule has 2 heterocycles. The molecule has 0 bridgehead atoms. The normalized spacial score (nSPS) is 12.4. The van der Waals surface area contributed by atoms with Crippen LogP contribution >= 0.6 is 35.1 Å². The highest BCUT2D eigenvalue weighted by molar-refractivity contribution is 8.00. The van der Waals surface area contributed by atoms with Gasteiger partial charge in [0.25, 0.3) is 0 Å². The van der Waals surface area contributed by atoms with Crippen LogP contribution in [0.1, 0.15) is 0 Å². The topological polar surface area (TPSA) is 51.0 Å². The number of amides is 1. The Hall–Kier alpha value is -2.74. The molecule has 0 fully saturated rings. The molecule has 0 atom stereocenters. The zero-order valence-corrected chi connectivity index (χ0v) is 18.9. The molecule has 1 amide bonds. The lowest BCUT2D eigenvalue weighted by Gasteiger charge is -2.31. The van der Waals surface area contributed by atoms with Crippen LogP contribution in [0.2, 0.25) is 5.02 Å². The summed E-state index contributed by atoms with van der Waals surface area (Å²) in [6, 6.07) is 23.5. The summed E-state index contributed by atoms with van der Waals surface area (Å²) in [4.78, 5) is 17.2. The van der Waals surface area contributed by atoms with Crippen LogP contribution in [0, 0.1) is 0 Å². The van der Waals surface area contributed by atoms with E-state index in [1.54, 1.807) is 16.7 Å². The van der Waals surface area contributed by atoms with Crippen molar-refractivity contribution in [2.75, 3.05) is 10.7 Å². The summed E-state index contributed by atoms with van der Waals surface area (Å²) in [7, 11) is 1.91. The maximum Gasteiger partial charge on any atom is 0.242 e. The first-order chi connectivity index (χ1) is 15.1. The second-order valence-corrected chi connectivity index (χ2v) is 9.39. The maximum atomic E-state index is 13.4. The number of nitrogens with zero attached hydrogens (tertiary/aromatic N) is 4. The van der Waals surface area contributed by atoms with Crippen LogP contribution in [0.15, 0.2) is 87.7 Å². The van der Waals surface area contributed by atoms with Crippen LogP contribution in [0.5, 0.6) is 0 Å². The molecule has 8 heteroatoms. The van der Waals surface area contributed by atoms with Crippen molar-refractivity contribution in [3.63, 3.8) is 0 Å². The Morgan fingerprint density at radius 3 is 2.55 bits per heavy atom. The third-order valence-corrected chi connectivity index (χ3v) is 7.30. The van der Waals surface area contributed by atoms with Gasteiger partial charge < -0.3 is 4.57 Å². The summed E-state index contributed by atoms with van der Waals surface area (Å²) in [5.74, 6) is 0.962. The van der Waals surface area contributed by atoms with E-state index in [0.717, 1.165) is 32.6 Å². The highest BCUT2D eigenvalue weighted by atomic mass is 35.5. The summed E-state index contributed by atoms with van der Waals surface area (Å²) in [6.45, 7) is 0. The number of hydrogen-bond donors (Lipinski definition) is 0. The Morgan fingerprint density at radius 1 is 0.968 bits per heavy atom. The van der Waals surface area contributed by atoms with Crippen LogP contribution in [0.4, 0.5) is 11.4 Å². The van der Waals surface area contributed by atoms with E-state index >= 15 is 0 Å². The van der Waals surface area contributed by atoms with Crippen molar-refractivity contribution in [2.24, 2.45) is 7.05 Å². The first-order valence-electron chi connectivity index (χ1n) is 9.59. The number of hydrogen-bond acceptors (Lipinski definition) is 5. The summed E-state index contributed by atoms with van der Waals surface area (Å²) in [5, 5.41) is 9.89. The Morgan fingerprint density at radius 2 is 1.71 bits per heavy atom. The molecule has 0 aliphatic carbocycles. The van der Waals surface area contributed by atoms with Gasteiger partial charge in [-0.15, -0.1) is 10.2 Å². The van der Waals surface area contributed by atoms with E-state index in [4.69, 9.17) is 11.6 Å². The van der Waals surface area contributed by atoms with Crippen molar-refractivity contribution in [3.05, 3.63) is 77.8 Å². The monoisotopic (exact) mass is 464 g/mol. The Balaban J connectivity index is 1.42. The van der Waals surface area contributed by atoms with Crippen molar-refractivity contribution in [1.82, 2.24) is 14.8 Å². The zero-order valence-electron chi connectivity index (χ0n) is 16.5. The fourth-order valence-corrected chi connectivity index (χ4v) is 5.43. The lowest BCUT2D eigenvalue weighted by atomic mass is 10.2. The Labute approximate surface area is 193 Å². The predicted octanol–water partition coefficient (Wildman–Crippen LogP) is 6.06. The molecule has 1 aromatic heterocycles. The van der Waals surface area contributed by atoms with Crippen LogP contribution in [0.25, 0.3) is 11.4 Å². The Bertz CT molecular complexity index is 1280. The summed E-state index contributed by atoms with van der Waals surface area (Å²) >= 11 is 9.28. The molecule has 5 nitrogen and oxygen atoms in total. The number of para-hydroxylation sites is 1. The minimum Gasteiger partial charge on any atom is -0.305 e. The number of rotatable bonds is 4. The quantitative estimate of drug-likeness (QED) is 0.344. The number of fused-ring (bicyclic) bond motifs is 2. The van der Waals surface area contributed by atoms with Crippen molar-refractivity contribution >= 4 is 52.4 Å². The maximum absolute atomic E-state index is 13.4. The number of benzene rings is 3. The van der Waals surface area contributed by atoms with Gasteiger partial charge in [-0.2, -0.15) is 0 Å². The summed E-state index contributed by atoms with van der Waals surface area (Å²) in [5.41, 5.74) is 2.67. The van der Waals surface area contributed by atoms with Gasteiger partial charge in [-0.1, -0.05) is 77.6 Å². The molecule has 0 saturated carbocycles. The molecule has 0 radical (unpaired) electrons. The van der Waals surface area contributed by atoms with Gasteiger partial charge >= 0.3 is 0 Å². The molecule has 1 aliphatic heterocycles. The fourth-order valence-electron chi connectivity index (χ4n) is 3.47. The highest BCUT2D eigenvalue weighted by Crippen LogP contribution is 2.49. The molecule has 154 valence electrons. The zero-order chi connectivity index (χ0) is 21.4. The number of halogens is 1. The SMILES string of the molecule is Cn1c(SCC(=O)N2c3ccccc3Sc3ccc(Cl)cc32)nnc1-c1ccccc1. The summed E-state index contributed by atoms with van der Waals surface area (Å²) in [6.07, 6.45) is 0. The van der Waals surface area contributed by atoms with Crippen molar-refractivity contribution in [2.45, 2.75) is 14.9 Å². The molecular weight excluding hydrogens is 448 g/mol. The van der Waals surface area contributed by atoms with Crippen LogP contribution in [-0.2, 0) is 11.8 Å². The van der Waals surface area contributed by atoms with Gasteiger partial charge in [0.15, 0.2) is 11.0 Å². The van der Waals surface area contributed by atoms with E-state index in [9.17, 15) is 4.79 Å². The fraction of sp³-hybridized carbons (Fsp3) is 0.0870. The molecule has 3 aromatic carbocycles. The second kappa shape index (κ2) is 8.42. The standard InChI is InChI=1S/C23H17ClN4OS2/c1-27-22(15-7-3-2-4-8-15)25-26-23(27)30-14-21(29)28-17-9-5-6-10-19(17)31-20-12-11-16(24)13-18(20)28/h2-13H,14H2,1H3. The largest absolute Gasteiger partial charge is 0.305 e. The van der Waals surface area contributed by atoms with Gasteiger partial charge in [0.2, 0.25) is 5.91 Å². The molecule has 0 saturated heterocycles. The summed E-state index contributed by atoms with van der Waals surface area (Å²) < 4.78 is 1.91. The van der Waals surface area contributed by atoms with Crippen LogP contribution in [-0.4, -0.2) is 26.4 Å². The van der Waals surface area contributed by atoms with E-state index in [0.29, 0.717) is 10.2 Å². The molecule has 0 unspecified atom stereocenters. The van der Waals surface area contributed by atoms with Gasteiger partial charge in [0.05, 0.1) is 17.1 Å².